The van der Waals surface area contributed by atoms with Crippen molar-refractivity contribution in [2.45, 2.75) is 13.3 Å². The summed E-state index contributed by atoms with van der Waals surface area (Å²) >= 11 is 0. The molecule has 7 nitrogen and oxygen atoms in total. The number of nitrogens with two attached hydrogens (primary N) is 1. The molecule has 0 fully saturated rings. The number of esters is 1. The largest absolute Gasteiger partial charge is 0.494 e. The number of ether oxygens (including phenoxy) is 3. The number of anilines is 1. The van der Waals surface area contributed by atoms with E-state index in [1.807, 2.05) is 19.1 Å². The summed E-state index contributed by atoms with van der Waals surface area (Å²) in [6.45, 7) is 3.04. The lowest BCUT2D eigenvalue weighted by molar-refractivity contribution is 0.0450. The zero-order valence-electron chi connectivity index (χ0n) is 14.6. The van der Waals surface area contributed by atoms with E-state index in [1.54, 1.807) is 30.3 Å². The molecule has 0 aliphatic rings. The summed E-state index contributed by atoms with van der Waals surface area (Å²) in [6, 6.07) is 12.9. The van der Waals surface area contributed by atoms with E-state index in [2.05, 4.69) is 5.32 Å². The summed E-state index contributed by atoms with van der Waals surface area (Å²) in [7, 11) is 0. The summed E-state index contributed by atoms with van der Waals surface area (Å²) < 4.78 is 16.2. The molecule has 0 aliphatic heterocycles. The normalized spacial score (nSPS) is 10.0. The predicted molar refractivity (Wildman–Crippen MR) is 97.7 cm³/mol. The second-order valence-electron chi connectivity index (χ2n) is 5.37. The van der Waals surface area contributed by atoms with Crippen LogP contribution in [0.2, 0.25) is 0 Å². The molecule has 0 atom stereocenters. The van der Waals surface area contributed by atoms with Crippen molar-refractivity contribution >= 4 is 17.7 Å². The van der Waals surface area contributed by atoms with Gasteiger partial charge in [-0.2, -0.15) is 0 Å². The van der Waals surface area contributed by atoms with Gasteiger partial charge in [-0.05, 0) is 48.9 Å². The highest BCUT2D eigenvalue weighted by molar-refractivity contribution is 5.93. The van der Waals surface area contributed by atoms with Crippen LogP contribution in [0.25, 0.3) is 0 Å². The molecule has 3 N–H and O–H groups in total. The Morgan fingerprint density at radius 2 is 1.62 bits per heavy atom. The minimum Gasteiger partial charge on any atom is -0.494 e. The minimum absolute atomic E-state index is 0.0976. The van der Waals surface area contributed by atoms with E-state index in [1.165, 1.54) is 6.07 Å². The fourth-order valence-corrected chi connectivity index (χ4v) is 2.10. The number of carbonyl (C=O) groups excluding carboxylic acids is 2. The number of hydrogen-bond donors (Lipinski definition) is 2. The molecule has 0 radical (unpaired) electrons. The fraction of sp³-hybridized carbons (Fsp3) is 0.263. The molecule has 0 aliphatic carbocycles. The lowest BCUT2D eigenvalue weighted by Gasteiger charge is -2.09. The first kappa shape index (κ1) is 19.1. The number of benzene rings is 2. The van der Waals surface area contributed by atoms with E-state index >= 15 is 0 Å². The molecule has 0 bridgehead atoms. The highest BCUT2D eigenvalue weighted by Crippen LogP contribution is 2.17. The highest BCUT2D eigenvalue weighted by Gasteiger charge is 2.08. The van der Waals surface area contributed by atoms with E-state index in [-0.39, 0.29) is 13.2 Å². The molecule has 2 aromatic carbocycles. The Kier molecular flexibility index (Phi) is 7.30. The van der Waals surface area contributed by atoms with E-state index < -0.39 is 12.0 Å². The zero-order valence-corrected chi connectivity index (χ0v) is 14.6. The van der Waals surface area contributed by atoms with Crippen LogP contribution in [0.15, 0.2) is 48.5 Å². The van der Waals surface area contributed by atoms with Gasteiger partial charge >= 0.3 is 12.0 Å². The molecular formula is C19H22N2O5. The Bertz CT molecular complexity index is 731. The lowest BCUT2D eigenvalue weighted by atomic mass is 10.2. The molecule has 0 heterocycles. The number of amides is 2. The van der Waals surface area contributed by atoms with Gasteiger partial charge in [0.25, 0.3) is 0 Å². The van der Waals surface area contributed by atoms with Crippen molar-refractivity contribution in [1.82, 2.24) is 0 Å². The third-order valence-electron chi connectivity index (χ3n) is 3.25. The second kappa shape index (κ2) is 9.93. The number of rotatable bonds is 9. The van der Waals surface area contributed by atoms with Crippen LogP contribution in [0.4, 0.5) is 10.5 Å². The van der Waals surface area contributed by atoms with E-state index in [9.17, 15) is 9.59 Å². The summed E-state index contributed by atoms with van der Waals surface area (Å²) in [5.74, 6) is 0.942. The van der Waals surface area contributed by atoms with Crippen molar-refractivity contribution in [3.8, 4) is 11.5 Å². The van der Waals surface area contributed by atoms with Gasteiger partial charge < -0.3 is 25.3 Å². The molecule has 7 heteroatoms. The summed E-state index contributed by atoms with van der Waals surface area (Å²) in [5.41, 5.74) is 5.78. The molecule has 0 saturated heterocycles. The van der Waals surface area contributed by atoms with Gasteiger partial charge in [-0.15, -0.1) is 0 Å². The van der Waals surface area contributed by atoms with Gasteiger partial charge in [0.05, 0.1) is 12.2 Å². The van der Waals surface area contributed by atoms with E-state index in [0.29, 0.717) is 23.6 Å². The van der Waals surface area contributed by atoms with Crippen LogP contribution >= 0.6 is 0 Å². The van der Waals surface area contributed by atoms with Gasteiger partial charge in [0.2, 0.25) is 0 Å². The molecule has 0 aromatic heterocycles. The molecule has 138 valence electrons. The van der Waals surface area contributed by atoms with Crippen molar-refractivity contribution in [1.29, 1.82) is 0 Å². The maximum atomic E-state index is 12.0. The second-order valence-corrected chi connectivity index (χ2v) is 5.37. The Balaban J connectivity index is 1.75. The third kappa shape index (κ3) is 6.35. The topological polar surface area (TPSA) is 99.9 Å². The Morgan fingerprint density at radius 3 is 2.23 bits per heavy atom. The van der Waals surface area contributed by atoms with Crippen molar-refractivity contribution in [2.24, 2.45) is 5.73 Å². The first-order chi connectivity index (χ1) is 12.6. The van der Waals surface area contributed by atoms with Crippen LogP contribution in [-0.2, 0) is 4.74 Å². The van der Waals surface area contributed by atoms with Crippen molar-refractivity contribution in [3.05, 3.63) is 54.1 Å². The van der Waals surface area contributed by atoms with Crippen LogP contribution in [0, 0.1) is 0 Å². The quantitative estimate of drug-likeness (QED) is 0.530. The van der Waals surface area contributed by atoms with Gasteiger partial charge in [0.1, 0.15) is 24.7 Å². The number of primary amides is 1. The van der Waals surface area contributed by atoms with Crippen LogP contribution < -0.4 is 20.5 Å². The van der Waals surface area contributed by atoms with Crippen molar-refractivity contribution in [2.75, 3.05) is 25.1 Å². The Labute approximate surface area is 152 Å². The predicted octanol–water partition coefficient (Wildman–Crippen LogP) is 3.20. The smallest absolute Gasteiger partial charge is 0.338 e. The number of hydrogen-bond acceptors (Lipinski definition) is 5. The average molecular weight is 358 g/mol. The Morgan fingerprint density at radius 1 is 0.962 bits per heavy atom. The van der Waals surface area contributed by atoms with Gasteiger partial charge in [-0.3, -0.25) is 0 Å². The van der Waals surface area contributed by atoms with Crippen LogP contribution in [-0.4, -0.2) is 31.8 Å². The van der Waals surface area contributed by atoms with Crippen LogP contribution in [0.5, 0.6) is 11.5 Å². The molecule has 0 saturated carbocycles. The van der Waals surface area contributed by atoms with Crippen molar-refractivity contribution < 1.29 is 23.8 Å². The summed E-state index contributed by atoms with van der Waals surface area (Å²) in [6.07, 6.45) is 0.950. The van der Waals surface area contributed by atoms with Gasteiger partial charge in [-0.25, -0.2) is 9.59 Å². The molecule has 2 amide bonds. The molecular weight excluding hydrogens is 336 g/mol. The standard InChI is InChI=1S/C19H22N2O5/c1-2-10-24-16-6-8-17(9-7-16)25-11-12-26-18(22)14-4-3-5-15(13-14)21-19(20)23/h3-9,13H,2,10-12H2,1H3,(H3,20,21,23). The molecule has 2 aromatic rings. The SMILES string of the molecule is CCCOc1ccc(OCCOC(=O)c2cccc(NC(N)=O)c2)cc1. The van der Waals surface area contributed by atoms with Gasteiger partial charge in [0.15, 0.2) is 0 Å². The maximum absolute atomic E-state index is 12.0. The minimum atomic E-state index is -0.699. The molecule has 0 spiro atoms. The fourth-order valence-electron chi connectivity index (χ4n) is 2.10. The number of nitrogens with one attached hydrogen (secondary N) is 1. The van der Waals surface area contributed by atoms with Crippen LogP contribution in [0.3, 0.4) is 0 Å². The van der Waals surface area contributed by atoms with Crippen LogP contribution in [0.1, 0.15) is 23.7 Å². The number of carbonyl (C=O) groups is 2. The van der Waals surface area contributed by atoms with Gasteiger partial charge in [-0.1, -0.05) is 13.0 Å². The van der Waals surface area contributed by atoms with E-state index in [4.69, 9.17) is 19.9 Å². The third-order valence-corrected chi connectivity index (χ3v) is 3.25. The first-order valence-corrected chi connectivity index (χ1v) is 8.28. The molecule has 2 rings (SSSR count). The summed E-state index contributed by atoms with van der Waals surface area (Å²) in [4.78, 5) is 22.8. The molecule has 26 heavy (non-hydrogen) atoms. The highest BCUT2D eigenvalue weighted by atomic mass is 16.6. The lowest BCUT2D eigenvalue weighted by Crippen LogP contribution is -2.19. The first-order valence-electron chi connectivity index (χ1n) is 8.28. The number of urea groups is 1. The maximum Gasteiger partial charge on any atom is 0.338 e. The Hall–Kier alpha value is -3.22. The zero-order chi connectivity index (χ0) is 18.8. The van der Waals surface area contributed by atoms with Gasteiger partial charge in [0, 0.05) is 5.69 Å². The van der Waals surface area contributed by atoms with E-state index in [0.717, 1.165) is 12.2 Å². The average Bonchev–Trinajstić information content (AvgIpc) is 2.64. The monoisotopic (exact) mass is 358 g/mol. The summed E-state index contributed by atoms with van der Waals surface area (Å²) in [5, 5.41) is 2.40. The molecule has 0 unspecified atom stereocenters. The van der Waals surface area contributed by atoms with Crippen molar-refractivity contribution in [3.63, 3.8) is 0 Å².